The van der Waals surface area contributed by atoms with Crippen LogP contribution in [0.5, 0.6) is 0 Å². The van der Waals surface area contributed by atoms with Gasteiger partial charge in [0, 0.05) is 20.7 Å². The first-order chi connectivity index (χ1) is 9.65. The number of nitrogen functional groups attached to an aromatic ring is 1. The van der Waals surface area contributed by atoms with Crippen molar-refractivity contribution in [2.75, 3.05) is 5.73 Å². The van der Waals surface area contributed by atoms with Gasteiger partial charge in [0.1, 0.15) is 0 Å². The van der Waals surface area contributed by atoms with E-state index >= 15 is 0 Å². The Balaban J connectivity index is 2.07. The van der Waals surface area contributed by atoms with Gasteiger partial charge in [-0.05, 0) is 30.3 Å². The van der Waals surface area contributed by atoms with E-state index in [1.165, 1.54) is 0 Å². The number of aromatic nitrogens is 2. The largest absolute Gasteiger partial charge is 0.398 e. The van der Waals surface area contributed by atoms with E-state index in [4.69, 9.17) is 21.9 Å². The molecule has 20 heavy (non-hydrogen) atoms. The number of hydrogen-bond acceptors (Lipinski definition) is 4. The number of benzene rings is 2. The van der Waals surface area contributed by atoms with Gasteiger partial charge in [0.2, 0.25) is 5.82 Å². The zero-order valence-corrected chi connectivity index (χ0v) is 12.5. The highest BCUT2D eigenvalue weighted by molar-refractivity contribution is 9.10. The summed E-state index contributed by atoms with van der Waals surface area (Å²) in [6.45, 7) is 0. The quantitative estimate of drug-likeness (QED) is 0.696. The first-order valence-electron chi connectivity index (χ1n) is 5.79. The molecule has 0 aliphatic rings. The van der Waals surface area contributed by atoms with Gasteiger partial charge >= 0.3 is 0 Å². The third-order valence-corrected chi connectivity index (χ3v) is 3.71. The van der Waals surface area contributed by atoms with E-state index in [0.717, 1.165) is 10.0 Å². The van der Waals surface area contributed by atoms with Crippen molar-refractivity contribution in [3.63, 3.8) is 0 Å². The van der Waals surface area contributed by atoms with E-state index < -0.39 is 0 Å². The zero-order valence-electron chi connectivity index (χ0n) is 10.2. The summed E-state index contributed by atoms with van der Waals surface area (Å²) >= 11 is 9.42. The Morgan fingerprint density at radius 2 is 1.90 bits per heavy atom. The maximum Gasteiger partial charge on any atom is 0.260 e. The van der Waals surface area contributed by atoms with Gasteiger partial charge < -0.3 is 10.3 Å². The highest BCUT2D eigenvalue weighted by Crippen LogP contribution is 2.31. The maximum atomic E-state index is 5.96. The molecule has 100 valence electrons. The number of anilines is 1. The molecule has 4 nitrogen and oxygen atoms in total. The Kier molecular flexibility index (Phi) is 3.46. The third-order valence-electron chi connectivity index (χ3n) is 2.79. The minimum absolute atomic E-state index is 0.343. The van der Waals surface area contributed by atoms with Crippen molar-refractivity contribution in [3.05, 3.63) is 52.0 Å². The molecule has 2 aromatic carbocycles. The van der Waals surface area contributed by atoms with Gasteiger partial charge in [-0.3, -0.25) is 0 Å². The van der Waals surface area contributed by atoms with Crippen LogP contribution >= 0.6 is 27.5 Å². The summed E-state index contributed by atoms with van der Waals surface area (Å²) in [5.74, 6) is 0.836. The van der Waals surface area contributed by atoms with Crippen LogP contribution < -0.4 is 5.73 Å². The lowest BCUT2D eigenvalue weighted by Crippen LogP contribution is -1.90. The summed E-state index contributed by atoms with van der Waals surface area (Å²) in [7, 11) is 0. The topological polar surface area (TPSA) is 64.9 Å². The Morgan fingerprint density at radius 3 is 2.70 bits per heavy atom. The summed E-state index contributed by atoms with van der Waals surface area (Å²) in [6.07, 6.45) is 0. The lowest BCUT2D eigenvalue weighted by Gasteiger charge is -2.00. The molecule has 0 amide bonds. The highest BCUT2D eigenvalue weighted by atomic mass is 79.9. The molecule has 1 heterocycles. The molecule has 0 saturated carbocycles. The molecule has 1 aromatic heterocycles. The Labute approximate surface area is 128 Å². The van der Waals surface area contributed by atoms with Crippen LogP contribution in [-0.4, -0.2) is 10.1 Å². The van der Waals surface area contributed by atoms with Crippen molar-refractivity contribution in [1.29, 1.82) is 0 Å². The fraction of sp³-hybridized carbons (Fsp3) is 0. The lowest BCUT2D eigenvalue weighted by molar-refractivity contribution is 0.432. The molecule has 0 aliphatic heterocycles. The van der Waals surface area contributed by atoms with E-state index in [9.17, 15) is 0 Å². The summed E-state index contributed by atoms with van der Waals surface area (Å²) in [6, 6.07) is 12.8. The van der Waals surface area contributed by atoms with Crippen LogP contribution in [0.1, 0.15) is 0 Å². The van der Waals surface area contributed by atoms with Gasteiger partial charge in [-0.2, -0.15) is 4.98 Å². The Bertz CT molecular complexity index is 773. The standard InChI is InChI=1S/C14H9BrClN3O/c15-11-4-2-1-3-9(11)13-18-14(20-19-13)10-7-8(16)5-6-12(10)17/h1-7H,17H2. The van der Waals surface area contributed by atoms with Gasteiger partial charge in [0.25, 0.3) is 5.89 Å². The van der Waals surface area contributed by atoms with Crippen LogP contribution in [0.2, 0.25) is 5.02 Å². The number of nitrogens with zero attached hydrogens (tertiary/aromatic N) is 2. The predicted molar refractivity (Wildman–Crippen MR) is 82.3 cm³/mol. The fourth-order valence-electron chi connectivity index (χ4n) is 1.80. The van der Waals surface area contributed by atoms with Gasteiger partial charge in [-0.1, -0.05) is 44.8 Å². The van der Waals surface area contributed by atoms with Gasteiger partial charge in [0.05, 0.1) is 5.56 Å². The monoisotopic (exact) mass is 349 g/mol. The van der Waals surface area contributed by atoms with E-state index in [1.54, 1.807) is 18.2 Å². The van der Waals surface area contributed by atoms with Crippen molar-refractivity contribution in [3.8, 4) is 22.8 Å². The van der Waals surface area contributed by atoms with Gasteiger partial charge in [-0.15, -0.1) is 0 Å². The Morgan fingerprint density at radius 1 is 1.10 bits per heavy atom. The molecule has 3 aromatic rings. The fourth-order valence-corrected chi connectivity index (χ4v) is 2.43. The van der Waals surface area contributed by atoms with Crippen LogP contribution in [0.25, 0.3) is 22.8 Å². The lowest BCUT2D eigenvalue weighted by atomic mass is 10.2. The van der Waals surface area contributed by atoms with E-state index in [0.29, 0.717) is 28.0 Å². The first-order valence-corrected chi connectivity index (χ1v) is 6.96. The number of nitrogens with two attached hydrogens (primary N) is 1. The SMILES string of the molecule is Nc1ccc(Cl)cc1-c1nc(-c2ccccc2Br)no1. The van der Waals surface area contributed by atoms with Crippen LogP contribution in [0.3, 0.4) is 0 Å². The molecule has 0 bridgehead atoms. The van der Waals surface area contributed by atoms with Crippen molar-refractivity contribution in [2.24, 2.45) is 0 Å². The molecule has 0 aliphatic carbocycles. The maximum absolute atomic E-state index is 5.96. The molecular weight excluding hydrogens is 342 g/mol. The molecule has 0 spiro atoms. The van der Waals surface area contributed by atoms with E-state index in [2.05, 4.69) is 26.1 Å². The second-order valence-electron chi connectivity index (χ2n) is 4.13. The first kappa shape index (κ1) is 13.1. The molecule has 6 heteroatoms. The minimum atomic E-state index is 0.343. The average Bonchev–Trinajstić information content (AvgIpc) is 2.91. The van der Waals surface area contributed by atoms with Crippen molar-refractivity contribution >= 4 is 33.2 Å². The van der Waals surface area contributed by atoms with Crippen LogP contribution in [-0.2, 0) is 0 Å². The van der Waals surface area contributed by atoms with Crippen molar-refractivity contribution in [1.82, 2.24) is 10.1 Å². The molecule has 0 atom stereocenters. The molecule has 0 saturated heterocycles. The number of rotatable bonds is 2. The second-order valence-corrected chi connectivity index (χ2v) is 5.43. The van der Waals surface area contributed by atoms with Crippen LogP contribution in [0.15, 0.2) is 51.5 Å². The second kappa shape index (κ2) is 5.26. The molecule has 0 radical (unpaired) electrons. The molecule has 2 N–H and O–H groups in total. The summed E-state index contributed by atoms with van der Waals surface area (Å²) in [5, 5.41) is 4.54. The number of hydrogen-bond donors (Lipinski definition) is 1. The third kappa shape index (κ3) is 2.42. The normalized spacial score (nSPS) is 10.7. The van der Waals surface area contributed by atoms with Gasteiger partial charge in [-0.25, -0.2) is 0 Å². The number of halogens is 2. The summed E-state index contributed by atoms with van der Waals surface area (Å²) < 4.78 is 6.17. The van der Waals surface area contributed by atoms with Crippen molar-refractivity contribution in [2.45, 2.75) is 0 Å². The molecule has 3 rings (SSSR count). The molecule has 0 fully saturated rings. The van der Waals surface area contributed by atoms with E-state index in [1.807, 2.05) is 24.3 Å². The van der Waals surface area contributed by atoms with Gasteiger partial charge in [0.15, 0.2) is 0 Å². The predicted octanol–water partition coefficient (Wildman–Crippen LogP) is 4.40. The van der Waals surface area contributed by atoms with Crippen LogP contribution in [0, 0.1) is 0 Å². The molecule has 0 unspecified atom stereocenters. The van der Waals surface area contributed by atoms with Crippen LogP contribution in [0.4, 0.5) is 5.69 Å². The minimum Gasteiger partial charge on any atom is -0.398 e. The summed E-state index contributed by atoms with van der Waals surface area (Å²) in [5.41, 5.74) is 7.92. The smallest absolute Gasteiger partial charge is 0.260 e. The average molecular weight is 351 g/mol. The summed E-state index contributed by atoms with van der Waals surface area (Å²) in [4.78, 5) is 4.37. The van der Waals surface area contributed by atoms with Crippen molar-refractivity contribution < 1.29 is 4.52 Å². The zero-order chi connectivity index (χ0) is 14.1. The van der Waals surface area contributed by atoms with E-state index in [-0.39, 0.29) is 0 Å². The Hall–Kier alpha value is -1.85. The molecular formula is C14H9BrClN3O. The highest BCUT2D eigenvalue weighted by Gasteiger charge is 2.14.